The summed E-state index contributed by atoms with van der Waals surface area (Å²) >= 11 is 0. The van der Waals surface area contributed by atoms with Gasteiger partial charge in [0.1, 0.15) is 0 Å². The Morgan fingerprint density at radius 1 is 1.20 bits per heavy atom. The van der Waals surface area contributed by atoms with Crippen LogP contribution in [0, 0.1) is 0 Å². The first-order valence-electron chi connectivity index (χ1n) is 8.27. The Hall–Kier alpha value is -0.860. The van der Waals surface area contributed by atoms with Crippen LogP contribution in [0.2, 0.25) is 0 Å². The summed E-state index contributed by atoms with van der Waals surface area (Å²) in [5, 5.41) is 3.64. The van der Waals surface area contributed by atoms with E-state index < -0.39 is 0 Å². The topological polar surface area (TPSA) is 21.3 Å². The van der Waals surface area contributed by atoms with E-state index in [4.69, 9.17) is 4.74 Å². The zero-order valence-electron chi connectivity index (χ0n) is 12.8. The lowest BCUT2D eigenvalue weighted by molar-refractivity contribution is 0.0186. The quantitative estimate of drug-likeness (QED) is 0.725. The second-order valence-corrected chi connectivity index (χ2v) is 5.90. The van der Waals surface area contributed by atoms with Crippen molar-refractivity contribution < 1.29 is 4.74 Å². The molecule has 1 aliphatic carbocycles. The molecule has 2 unspecified atom stereocenters. The highest BCUT2D eigenvalue weighted by Crippen LogP contribution is 2.21. The standard InChI is InChI=1S/C18H29NO/c1-2-13-19-17-11-6-12-18(15-17)20-14-7-10-16-8-4-3-5-9-16/h3-5,8-9,17-19H,2,6-7,10-15H2,1H3. The molecule has 0 saturated heterocycles. The van der Waals surface area contributed by atoms with Crippen molar-refractivity contribution >= 4 is 0 Å². The molecule has 0 spiro atoms. The fourth-order valence-electron chi connectivity index (χ4n) is 3.00. The maximum Gasteiger partial charge on any atom is 0.0590 e. The monoisotopic (exact) mass is 275 g/mol. The molecule has 1 fully saturated rings. The Bertz CT molecular complexity index is 352. The van der Waals surface area contributed by atoms with Crippen molar-refractivity contribution in [3.8, 4) is 0 Å². The predicted molar refractivity (Wildman–Crippen MR) is 85.1 cm³/mol. The van der Waals surface area contributed by atoms with E-state index in [1.165, 1.54) is 37.7 Å². The van der Waals surface area contributed by atoms with Crippen molar-refractivity contribution in [2.75, 3.05) is 13.2 Å². The van der Waals surface area contributed by atoms with Gasteiger partial charge >= 0.3 is 0 Å². The minimum Gasteiger partial charge on any atom is -0.378 e. The maximum atomic E-state index is 6.07. The van der Waals surface area contributed by atoms with Gasteiger partial charge in [0.15, 0.2) is 0 Å². The first-order chi connectivity index (χ1) is 9.88. The van der Waals surface area contributed by atoms with E-state index in [9.17, 15) is 0 Å². The van der Waals surface area contributed by atoms with Crippen molar-refractivity contribution in [2.24, 2.45) is 0 Å². The van der Waals surface area contributed by atoms with Crippen molar-refractivity contribution in [3.63, 3.8) is 0 Å². The summed E-state index contributed by atoms with van der Waals surface area (Å²) in [7, 11) is 0. The van der Waals surface area contributed by atoms with Crippen LogP contribution in [0.3, 0.4) is 0 Å². The third-order valence-electron chi connectivity index (χ3n) is 4.12. The smallest absolute Gasteiger partial charge is 0.0590 e. The van der Waals surface area contributed by atoms with Gasteiger partial charge in [0.25, 0.3) is 0 Å². The van der Waals surface area contributed by atoms with E-state index in [-0.39, 0.29) is 0 Å². The van der Waals surface area contributed by atoms with Crippen molar-refractivity contribution in [1.82, 2.24) is 5.32 Å². The highest BCUT2D eigenvalue weighted by atomic mass is 16.5. The number of rotatable bonds is 8. The van der Waals surface area contributed by atoms with Gasteiger partial charge in [0, 0.05) is 12.6 Å². The highest BCUT2D eigenvalue weighted by molar-refractivity contribution is 5.14. The van der Waals surface area contributed by atoms with E-state index >= 15 is 0 Å². The van der Waals surface area contributed by atoms with Gasteiger partial charge in [0.05, 0.1) is 6.10 Å². The molecule has 1 N–H and O–H groups in total. The molecular formula is C18H29NO. The van der Waals surface area contributed by atoms with Crippen LogP contribution in [0.1, 0.15) is 51.0 Å². The fourth-order valence-corrected chi connectivity index (χ4v) is 3.00. The molecule has 2 rings (SSSR count). The van der Waals surface area contributed by atoms with Gasteiger partial charge in [-0.3, -0.25) is 0 Å². The molecule has 1 saturated carbocycles. The van der Waals surface area contributed by atoms with Gasteiger partial charge in [-0.05, 0) is 57.1 Å². The summed E-state index contributed by atoms with van der Waals surface area (Å²) in [6, 6.07) is 11.4. The Kier molecular flexibility index (Phi) is 7.10. The van der Waals surface area contributed by atoms with E-state index in [2.05, 4.69) is 42.6 Å². The largest absolute Gasteiger partial charge is 0.378 e. The van der Waals surface area contributed by atoms with Crippen LogP contribution < -0.4 is 5.32 Å². The van der Waals surface area contributed by atoms with Crippen LogP contribution in [-0.2, 0) is 11.2 Å². The van der Waals surface area contributed by atoms with Crippen LogP contribution >= 0.6 is 0 Å². The van der Waals surface area contributed by atoms with Crippen LogP contribution in [0.15, 0.2) is 30.3 Å². The Morgan fingerprint density at radius 2 is 2.05 bits per heavy atom. The number of hydrogen-bond donors (Lipinski definition) is 1. The Balaban J connectivity index is 1.59. The van der Waals surface area contributed by atoms with Crippen molar-refractivity contribution in [2.45, 2.75) is 64.0 Å². The first-order valence-corrected chi connectivity index (χ1v) is 8.27. The van der Waals surface area contributed by atoms with Gasteiger partial charge in [-0.25, -0.2) is 0 Å². The molecule has 0 aliphatic heterocycles. The van der Waals surface area contributed by atoms with Gasteiger partial charge < -0.3 is 10.1 Å². The SMILES string of the molecule is CCCNC1CCCC(OCCCc2ccccc2)C1. The number of benzene rings is 1. The Morgan fingerprint density at radius 3 is 2.85 bits per heavy atom. The molecule has 112 valence electrons. The number of aryl methyl sites for hydroxylation is 1. The molecule has 0 bridgehead atoms. The highest BCUT2D eigenvalue weighted by Gasteiger charge is 2.21. The number of ether oxygens (including phenoxy) is 1. The lowest BCUT2D eigenvalue weighted by Crippen LogP contribution is -2.37. The summed E-state index contributed by atoms with van der Waals surface area (Å²) in [4.78, 5) is 0. The number of nitrogens with one attached hydrogen (secondary N) is 1. The molecular weight excluding hydrogens is 246 g/mol. The molecule has 0 aromatic heterocycles. The zero-order chi connectivity index (χ0) is 14.0. The molecule has 1 aliphatic rings. The van der Waals surface area contributed by atoms with Crippen LogP contribution in [0.5, 0.6) is 0 Å². The first kappa shape index (κ1) is 15.5. The summed E-state index contributed by atoms with van der Waals surface area (Å²) in [5.74, 6) is 0. The third-order valence-corrected chi connectivity index (χ3v) is 4.12. The van der Waals surface area contributed by atoms with Gasteiger partial charge in [0.2, 0.25) is 0 Å². The molecule has 0 heterocycles. The lowest BCUT2D eigenvalue weighted by atomic mass is 9.93. The second kappa shape index (κ2) is 9.15. The molecule has 2 atom stereocenters. The summed E-state index contributed by atoms with van der Waals surface area (Å²) in [5.41, 5.74) is 1.42. The third kappa shape index (κ3) is 5.64. The minimum atomic E-state index is 0.480. The van der Waals surface area contributed by atoms with E-state index in [1.54, 1.807) is 0 Å². The molecule has 1 aromatic carbocycles. The van der Waals surface area contributed by atoms with E-state index in [0.29, 0.717) is 12.1 Å². The average Bonchev–Trinajstić information content (AvgIpc) is 2.51. The molecule has 0 radical (unpaired) electrons. The molecule has 0 amide bonds. The molecule has 20 heavy (non-hydrogen) atoms. The van der Waals surface area contributed by atoms with Gasteiger partial charge in [-0.15, -0.1) is 0 Å². The van der Waals surface area contributed by atoms with Crippen molar-refractivity contribution in [3.05, 3.63) is 35.9 Å². The van der Waals surface area contributed by atoms with Gasteiger partial charge in [-0.1, -0.05) is 37.3 Å². The van der Waals surface area contributed by atoms with Gasteiger partial charge in [-0.2, -0.15) is 0 Å². The maximum absolute atomic E-state index is 6.07. The Labute approximate surface area is 123 Å². The van der Waals surface area contributed by atoms with E-state index in [1.807, 2.05) is 0 Å². The van der Waals surface area contributed by atoms with E-state index in [0.717, 1.165) is 26.0 Å². The molecule has 2 heteroatoms. The van der Waals surface area contributed by atoms with Crippen LogP contribution in [0.4, 0.5) is 0 Å². The fraction of sp³-hybridized carbons (Fsp3) is 0.667. The van der Waals surface area contributed by atoms with Crippen molar-refractivity contribution in [1.29, 1.82) is 0 Å². The minimum absolute atomic E-state index is 0.480. The summed E-state index contributed by atoms with van der Waals surface area (Å²) in [6.45, 7) is 4.28. The zero-order valence-corrected chi connectivity index (χ0v) is 12.8. The lowest BCUT2D eigenvalue weighted by Gasteiger charge is -2.30. The summed E-state index contributed by atoms with van der Waals surface area (Å²) < 4.78 is 6.07. The molecule has 1 aromatic rings. The second-order valence-electron chi connectivity index (χ2n) is 5.90. The number of hydrogen-bond acceptors (Lipinski definition) is 2. The average molecular weight is 275 g/mol. The summed E-state index contributed by atoms with van der Waals surface area (Å²) in [6.07, 6.45) is 9.04. The predicted octanol–water partition coefficient (Wildman–Crippen LogP) is 3.95. The normalized spacial score (nSPS) is 22.9. The molecule has 2 nitrogen and oxygen atoms in total. The van der Waals surface area contributed by atoms with Crippen LogP contribution in [-0.4, -0.2) is 25.3 Å². The van der Waals surface area contributed by atoms with Crippen LogP contribution in [0.25, 0.3) is 0 Å².